The van der Waals surface area contributed by atoms with Gasteiger partial charge < -0.3 is 5.32 Å². The Morgan fingerprint density at radius 1 is 1.19 bits per heavy atom. The molecule has 0 aliphatic heterocycles. The van der Waals surface area contributed by atoms with Gasteiger partial charge in [0.1, 0.15) is 6.61 Å². The van der Waals surface area contributed by atoms with Crippen molar-refractivity contribution in [1.29, 1.82) is 0 Å². The van der Waals surface area contributed by atoms with Crippen molar-refractivity contribution >= 4 is 15.9 Å². The normalized spacial score (nSPS) is 11.5. The third-order valence-corrected chi connectivity index (χ3v) is 5.29. The Morgan fingerprint density at radius 3 is 2.61 bits per heavy atom. The number of rotatable bonds is 9. The predicted molar refractivity (Wildman–Crippen MR) is 114 cm³/mol. The topological polar surface area (TPSA) is 141 Å². The number of hydrogen-bond acceptors (Lipinski definition) is 7. The lowest BCUT2D eigenvalue weighted by atomic mass is 10.1. The van der Waals surface area contributed by atoms with Crippen molar-refractivity contribution in [2.75, 3.05) is 6.54 Å². The highest BCUT2D eigenvalue weighted by Gasteiger charge is 2.20. The van der Waals surface area contributed by atoms with Crippen LogP contribution in [0.2, 0.25) is 0 Å². The summed E-state index contributed by atoms with van der Waals surface area (Å²) in [6.07, 6.45) is 3.25. The summed E-state index contributed by atoms with van der Waals surface area (Å²) in [5.74, 6) is -0.460. The average molecular weight is 445 g/mol. The van der Waals surface area contributed by atoms with E-state index in [0.717, 1.165) is 11.3 Å². The van der Waals surface area contributed by atoms with Crippen molar-refractivity contribution in [3.8, 4) is 5.69 Å². The number of sulfonamides is 1. The van der Waals surface area contributed by atoms with Crippen molar-refractivity contribution < 1.29 is 18.0 Å². The van der Waals surface area contributed by atoms with Gasteiger partial charge in [-0.1, -0.05) is 6.92 Å². The fourth-order valence-corrected chi connectivity index (χ4v) is 3.46. The molecule has 164 valence electrons. The SMILES string of the molecule is CCNOCc1cc(C)n(-c2ccc(S(N)(=O)=O)cc2C(=O)NCc2ccncc2)n1. The first kappa shape index (κ1) is 22.6. The van der Waals surface area contributed by atoms with Crippen LogP contribution in [0.25, 0.3) is 5.69 Å². The number of primary sulfonamides is 1. The first-order valence-corrected chi connectivity index (χ1v) is 11.1. The standard InChI is InChI=1S/C20H24N6O4S/c1-3-24-30-13-16-10-14(2)26(25-16)19-5-4-17(31(21,28)29)11-18(19)20(27)23-12-15-6-8-22-9-7-15/h4-11,24H,3,12-13H2,1-2H3,(H,23,27)(H2,21,28,29). The number of amides is 1. The van der Waals surface area contributed by atoms with Crippen LogP contribution in [0.1, 0.15) is 34.2 Å². The van der Waals surface area contributed by atoms with Crippen LogP contribution in [0, 0.1) is 6.92 Å². The molecule has 0 unspecified atom stereocenters. The summed E-state index contributed by atoms with van der Waals surface area (Å²) < 4.78 is 25.3. The minimum atomic E-state index is -3.99. The highest BCUT2D eigenvalue weighted by atomic mass is 32.2. The lowest BCUT2D eigenvalue weighted by Gasteiger charge is -2.13. The number of aryl methyl sites for hydroxylation is 1. The molecule has 1 aromatic carbocycles. The van der Waals surface area contributed by atoms with Gasteiger partial charge in [0.2, 0.25) is 10.0 Å². The summed E-state index contributed by atoms with van der Waals surface area (Å²) in [6.45, 7) is 4.88. The maximum atomic E-state index is 13.0. The molecule has 4 N–H and O–H groups in total. The maximum absolute atomic E-state index is 13.0. The van der Waals surface area contributed by atoms with Crippen LogP contribution >= 0.6 is 0 Å². The average Bonchev–Trinajstić information content (AvgIpc) is 3.12. The molecule has 0 bridgehead atoms. The zero-order valence-electron chi connectivity index (χ0n) is 17.2. The third kappa shape index (κ3) is 5.73. The van der Waals surface area contributed by atoms with E-state index in [1.165, 1.54) is 18.2 Å². The summed E-state index contributed by atoms with van der Waals surface area (Å²) in [4.78, 5) is 22.1. The first-order valence-electron chi connectivity index (χ1n) is 9.54. The minimum absolute atomic E-state index is 0.130. The highest BCUT2D eigenvalue weighted by molar-refractivity contribution is 7.89. The molecule has 3 rings (SSSR count). The number of carbonyl (C=O) groups is 1. The van der Waals surface area contributed by atoms with E-state index in [9.17, 15) is 13.2 Å². The van der Waals surface area contributed by atoms with E-state index in [1.54, 1.807) is 29.2 Å². The van der Waals surface area contributed by atoms with Gasteiger partial charge in [-0.3, -0.25) is 14.6 Å². The lowest BCUT2D eigenvalue weighted by Crippen LogP contribution is -2.25. The van der Waals surface area contributed by atoms with Gasteiger partial charge >= 0.3 is 0 Å². The summed E-state index contributed by atoms with van der Waals surface area (Å²) >= 11 is 0. The van der Waals surface area contributed by atoms with E-state index in [2.05, 4.69) is 20.9 Å². The van der Waals surface area contributed by atoms with Crippen molar-refractivity contribution in [3.05, 3.63) is 71.3 Å². The van der Waals surface area contributed by atoms with E-state index >= 15 is 0 Å². The number of benzene rings is 1. The molecule has 0 spiro atoms. The fraction of sp³-hybridized carbons (Fsp3) is 0.250. The Kier molecular flexibility index (Phi) is 7.13. The van der Waals surface area contributed by atoms with Crippen LogP contribution in [0.4, 0.5) is 0 Å². The molecule has 0 radical (unpaired) electrons. The Bertz CT molecular complexity index is 1160. The molecule has 0 saturated heterocycles. The monoisotopic (exact) mass is 444 g/mol. The second-order valence-corrected chi connectivity index (χ2v) is 8.30. The minimum Gasteiger partial charge on any atom is -0.348 e. The molecule has 0 aliphatic carbocycles. The molecule has 1 amide bonds. The van der Waals surface area contributed by atoms with Crippen LogP contribution in [0.5, 0.6) is 0 Å². The van der Waals surface area contributed by atoms with Crippen LogP contribution in [0.3, 0.4) is 0 Å². The quantitative estimate of drug-likeness (QED) is 0.332. The van der Waals surface area contributed by atoms with E-state index in [0.29, 0.717) is 17.9 Å². The number of nitrogens with zero attached hydrogens (tertiary/aromatic N) is 3. The number of nitrogens with two attached hydrogens (primary N) is 1. The largest absolute Gasteiger partial charge is 0.348 e. The van der Waals surface area contributed by atoms with Crippen LogP contribution in [-0.4, -0.2) is 35.6 Å². The van der Waals surface area contributed by atoms with E-state index < -0.39 is 15.9 Å². The number of nitrogens with one attached hydrogen (secondary N) is 2. The molecular weight excluding hydrogens is 420 g/mol. The van der Waals surface area contributed by atoms with Gasteiger partial charge in [0.15, 0.2) is 0 Å². The number of aromatic nitrogens is 3. The van der Waals surface area contributed by atoms with Crippen molar-refractivity contribution in [3.63, 3.8) is 0 Å². The van der Waals surface area contributed by atoms with Crippen LogP contribution in [0.15, 0.2) is 53.7 Å². The Hall–Kier alpha value is -3.12. The smallest absolute Gasteiger partial charge is 0.253 e. The Morgan fingerprint density at radius 2 is 1.94 bits per heavy atom. The van der Waals surface area contributed by atoms with Gasteiger partial charge in [-0.15, -0.1) is 0 Å². The third-order valence-electron chi connectivity index (χ3n) is 4.38. The first-order chi connectivity index (χ1) is 14.8. The molecule has 0 fully saturated rings. The molecule has 11 heteroatoms. The summed E-state index contributed by atoms with van der Waals surface area (Å²) in [6, 6.07) is 9.48. The van der Waals surface area contributed by atoms with Gasteiger partial charge in [0.25, 0.3) is 5.91 Å². The summed E-state index contributed by atoms with van der Waals surface area (Å²) in [7, 11) is -3.99. The van der Waals surface area contributed by atoms with Gasteiger partial charge in [-0.25, -0.2) is 23.7 Å². The molecular formula is C20H24N6O4S. The molecule has 2 aromatic heterocycles. The van der Waals surface area contributed by atoms with E-state index in [4.69, 9.17) is 9.98 Å². The zero-order valence-corrected chi connectivity index (χ0v) is 18.0. The zero-order chi connectivity index (χ0) is 22.4. The molecule has 0 atom stereocenters. The predicted octanol–water partition coefficient (Wildman–Crippen LogP) is 1.19. The van der Waals surface area contributed by atoms with Crippen molar-refractivity contribution in [1.82, 2.24) is 25.6 Å². The van der Waals surface area contributed by atoms with Gasteiger partial charge in [-0.2, -0.15) is 5.10 Å². The fourth-order valence-electron chi connectivity index (χ4n) is 2.92. The highest BCUT2D eigenvalue weighted by Crippen LogP contribution is 2.21. The van der Waals surface area contributed by atoms with Gasteiger partial charge in [-0.05, 0) is 48.9 Å². The second-order valence-electron chi connectivity index (χ2n) is 6.74. The van der Waals surface area contributed by atoms with Crippen molar-refractivity contribution in [2.24, 2.45) is 5.14 Å². The summed E-state index contributed by atoms with van der Waals surface area (Å²) in [5.41, 5.74) is 5.56. The van der Waals surface area contributed by atoms with E-state index in [1.807, 2.05) is 19.9 Å². The number of hydroxylamine groups is 1. The molecule has 31 heavy (non-hydrogen) atoms. The lowest BCUT2D eigenvalue weighted by molar-refractivity contribution is 0.0293. The number of carbonyl (C=O) groups excluding carboxylic acids is 1. The maximum Gasteiger partial charge on any atom is 0.253 e. The van der Waals surface area contributed by atoms with Crippen LogP contribution in [-0.2, 0) is 28.0 Å². The molecule has 2 heterocycles. The Balaban J connectivity index is 1.95. The number of hydrogen-bond donors (Lipinski definition) is 3. The summed E-state index contributed by atoms with van der Waals surface area (Å²) in [5, 5.41) is 12.6. The Labute approximate surface area is 180 Å². The van der Waals surface area contributed by atoms with Crippen molar-refractivity contribution in [2.45, 2.75) is 31.9 Å². The van der Waals surface area contributed by atoms with Gasteiger partial charge in [0.05, 0.1) is 21.8 Å². The van der Waals surface area contributed by atoms with Crippen LogP contribution < -0.4 is 15.9 Å². The number of pyridine rings is 1. The van der Waals surface area contributed by atoms with Gasteiger partial charge in [0, 0.05) is 31.2 Å². The molecule has 0 saturated carbocycles. The van der Waals surface area contributed by atoms with E-state index in [-0.39, 0.29) is 23.6 Å². The molecule has 0 aliphatic rings. The molecule has 3 aromatic rings. The molecule has 10 nitrogen and oxygen atoms in total. The second kappa shape index (κ2) is 9.79.